The molecular formula is C19H19BrN2O2S. The predicted octanol–water partition coefficient (Wildman–Crippen LogP) is 4.40. The molecule has 1 aromatic heterocycles. The Balaban J connectivity index is 1.83. The lowest BCUT2D eigenvalue weighted by Gasteiger charge is -2.17. The maximum absolute atomic E-state index is 12.7. The second-order valence-corrected chi connectivity index (χ2v) is 8.49. The topological polar surface area (TPSA) is 62.0 Å². The zero-order chi connectivity index (χ0) is 17.9. The van der Waals surface area contributed by atoms with Gasteiger partial charge in [0.05, 0.1) is 4.90 Å². The average Bonchev–Trinajstić information content (AvgIpc) is 2.98. The molecule has 6 heteroatoms. The van der Waals surface area contributed by atoms with Crippen molar-refractivity contribution < 1.29 is 8.42 Å². The third-order valence-electron chi connectivity index (χ3n) is 4.04. The Morgan fingerprint density at radius 2 is 1.88 bits per heavy atom. The molecule has 0 radical (unpaired) electrons. The van der Waals surface area contributed by atoms with Crippen LogP contribution in [0.2, 0.25) is 0 Å². The van der Waals surface area contributed by atoms with Crippen LogP contribution in [0, 0.1) is 0 Å². The monoisotopic (exact) mass is 418 g/mol. The molecule has 0 amide bonds. The second kappa shape index (κ2) is 7.56. The molecule has 2 N–H and O–H groups in total. The van der Waals surface area contributed by atoms with E-state index in [0.29, 0.717) is 12.8 Å². The van der Waals surface area contributed by atoms with Crippen LogP contribution in [0.15, 0.2) is 76.8 Å². The molecule has 25 heavy (non-hydrogen) atoms. The lowest BCUT2D eigenvalue weighted by molar-refractivity contribution is 0.547. The number of rotatable bonds is 7. The Bertz CT molecular complexity index is 978. The number of aromatic amines is 1. The minimum atomic E-state index is -3.58. The third-order valence-corrected chi connectivity index (χ3v) is 6.10. The van der Waals surface area contributed by atoms with Gasteiger partial charge >= 0.3 is 0 Å². The van der Waals surface area contributed by atoms with Gasteiger partial charge < -0.3 is 4.98 Å². The molecule has 130 valence electrons. The fourth-order valence-electron chi connectivity index (χ4n) is 2.84. The number of sulfonamides is 1. The molecule has 0 aliphatic rings. The number of hydrogen-bond acceptors (Lipinski definition) is 2. The highest BCUT2D eigenvalue weighted by molar-refractivity contribution is 9.10. The number of fused-ring (bicyclic) bond motifs is 1. The summed E-state index contributed by atoms with van der Waals surface area (Å²) < 4.78 is 28.9. The summed E-state index contributed by atoms with van der Waals surface area (Å²) in [6.45, 7) is 3.76. The fourth-order valence-corrected chi connectivity index (χ4v) is 4.35. The van der Waals surface area contributed by atoms with E-state index in [9.17, 15) is 8.42 Å². The molecule has 4 nitrogen and oxygen atoms in total. The number of hydrogen-bond donors (Lipinski definition) is 2. The van der Waals surface area contributed by atoms with Crippen LogP contribution in [0.5, 0.6) is 0 Å². The van der Waals surface area contributed by atoms with Gasteiger partial charge in [0.1, 0.15) is 0 Å². The normalized spacial score (nSPS) is 13.0. The van der Waals surface area contributed by atoms with Crippen molar-refractivity contribution in [3.05, 3.63) is 77.4 Å². The summed E-state index contributed by atoms with van der Waals surface area (Å²) in [7, 11) is -3.58. The molecule has 0 spiro atoms. The van der Waals surface area contributed by atoms with Crippen LogP contribution in [0.3, 0.4) is 0 Å². The molecule has 3 aromatic rings. The van der Waals surface area contributed by atoms with E-state index >= 15 is 0 Å². The maximum atomic E-state index is 12.7. The summed E-state index contributed by atoms with van der Waals surface area (Å²) in [4.78, 5) is 3.48. The van der Waals surface area contributed by atoms with Crippen molar-refractivity contribution in [2.45, 2.75) is 23.8 Å². The first-order chi connectivity index (χ1) is 12.0. The van der Waals surface area contributed by atoms with E-state index in [1.54, 1.807) is 30.3 Å². The molecule has 1 heterocycles. The SMILES string of the molecule is C=CC[C@@H](Cc1c[nH]c2ccccc12)NS(=O)(=O)c1ccc(Br)cc1. The van der Waals surface area contributed by atoms with Gasteiger partial charge in [-0.3, -0.25) is 0 Å². The average molecular weight is 419 g/mol. The van der Waals surface area contributed by atoms with Crippen molar-refractivity contribution in [2.75, 3.05) is 0 Å². The molecule has 0 unspecified atom stereocenters. The summed E-state index contributed by atoms with van der Waals surface area (Å²) in [6.07, 6.45) is 4.82. The second-order valence-electron chi connectivity index (χ2n) is 5.86. The van der Waals surface area contributed by atoms with Gasteiger partial charge in [0.15, 0.2) is 0 Å². The van der Waals surface area contributed by atoms with E-state index in [0.717, 1.165) is 20.9 Å². The van der Waals surface area contributed by atoms with Crippen LogP contribution in [0.1, 0.15) is 12.0 Å². The van der Waals surface area contributed by atoms with Crippen molar-refractivity contribution >= 4 is 36.9 Å². The summed E-state index contributed by atoms with van der Waals surface area (Å²) >= 11 is 3.32. The van der Waals surface area contributed by atoms with Crippen LogP contribution in [0.25, 0.3) is 10.9 Å². The van der Waals surface area contributed by atoms with Crippen molar-refractivity contribution in [3.63, 3.8) is 0 Å². The first kappa shape index (κ1) is 17.9. The molecule has 0 saturated carbocycles. The Morgan fingerprint density at radius 3 is 2.60 bits per heavy atom. The number of H-pyrrole nitrogens is 1. The van der Waals surface area contributed by atoms with Gasteiger partial charge in [-0.05, 0) is 48.7 Å². The number of benzene rings is 2. The van der Waals surface area contributed by atoms with Crippen molar-refractivity contribution in [3.8, 4) is 0 Å². The maximum Gasteiger partial charge on any atom is 0.240 e. The van der Waals surface area contributed by atoms with Gasteiger partial charge in [0, 0.05) is 27.6 Å². The van der Waals surface area contributed by atoms with Crippen LogP contribution < -0.4 is 4.72 Å². The minimum absolute atomic E-state index is 0.253. The summed E-state index contributed by atoms with van der Waals surface area (Å²) in [5.41, 5.74) is 2.13. The highest BCUT2D eigenvalue weighted by atomic mass is 79.9. The van der Waals surface area contributed by atoms with Crippen molar-refractivity contribution in [1.29, 1.82) is 0 Å². The van der Waals surface area contributed by atoms with Crippen LogP contribution in [-0.2, 0) is 16.4 Å². The molecule has 0 aliphatic carbocycles. The molecule has 2 aromatic carbocycles. The first-order valence-corrected chi connectivity index (χ1v) is 10.2. The molecule has 1 atom stereocenters. The van der Waals surface area contributed by atoms with Gasteiger partial charge in [-0.1, -0.05) is 40.2 Å². The molecule has 0 saturated heterocycles. The summed E-state index contributed by atoms with van der Waals surface area (Å²) in [6, 6.07) is 14.3. The van der Waals surface area contributed by atoms with Crippen LogP contribution in [-0.4, -0.2) is 19.4 Å². The predicted molar refractivity (Wildman–Crippen MR) is 105 cm³/mol. The Hall–Kier alpha value is -1.89. The lowest BCUT2D eigenvalue weighted by atomic mass is 10.0. The van der Waals surface area contributed by atoms with E-state index in [1.165, 1.54) is 0 Å². The number of aromatic nitrogens is 1. The van der Waals surface area contributed by atoms with Crippen molar-refractivity contribution in [2.24, 2.45) is 0 Å². The van der Waals surface area contributed by atoms with Gasteiger partial charge in [0.25, 0.3) is 0 Å². The van der Waals surface area contributed by atoms with Gasteiger partial charge in [-0.15, -0.1) is 6.58 Å². The van der Waals surface area contributed by atoms with E-state index in [-0.39, 0.29) is 10.9 Å². The fraction of sp³-hybridized carbons (Fsp3) is 0.158. The quantitative estimate of drug-likeness (QED) is 0.558. The Labute approximate surface area is 156 Å². The molecule has 0 fully saturated rings. The van der Waals surface area contributed by atoms with E-state index in [2.05, 4.69) is 32.2 Å². The van der Waals surface area contributed by atoms with Crippen LogP contribution >= 0.6 is 15.9 Å². The Kier molecular flexibility index (Phi) is 5.42. The van der Waals surface area contributed by atoms with Gasteiger partial charge in [-0.25, -0.2) is 13.1 Å². The number of halogens is 1. The smallest absolute Gasteiger partial charge is 0.240 e. The molecule has 0 bridgehead atoms. The largest absolute Gasteiger partial charge is 0.361 e. The first-order valence-electron chi connectivity index (χ1n) is 7.93. The molecular weight excluding hydrogens is 400 g/mol. The zero-order valence-corrected chi connectivity index (χ0v) is 16.0. The van der Waals surface area contributed by atoms with E-state index < -0.39 is 10.0 Å². The van der Waals surface area contributed by atoms with E-state index in [1.807, 2.05) is 30.5 Å². The Morgan fingerprint density at radius 1 is 1.16 bits per heavy atom. The van der Waals surface area contributed by atoms with Crippen molar-refractivity contribution in [1.82, 2.24) is 9.71 Å². The minimum Gasteiger partial charge on any atom is -0.361 e. The molecule has 3 rings (SSSR count). The van der Waals surface area contributed by atoms with Crippen LogP contribution in [0.4, 0.5) is 0 Å². The third kappa shape index (κ3) is 4.21. The lowest BCUT2D eigenvalue weighted by Crippen LogP contribution is -2.36. The highest BCUT2D eigenvalue weighted by Crippen LogP contribution is 2.21. The molecule has 0 aliphatic heterocycles. The van der Waals surface area contributed by atoms with Gasteiger partial charge in [0.2, 0.25) is 10.0 Å². The number of para-hydroxylation sites is 1. The summed E-state index contributed by atoms with van der Waals surface area (Å²) in [5.74, 6) is 0. The summed E-state index contributed by atoms with van der Waals surface area (Å²) in [5, 5.41) is 1.11. The van der Waals surface area contributed by atoms with Gasteiger partial charge in [-0.2, -0.15) is 0 Å². The van der Waals surface area contributed by atoms with E-state index in [4.69, 9.17) is 0 Å². The highest BCUT2D eigenvalue weighted by Gasteiger charge is 2.20. The zero-order valence-electron chi connectivity index (χ0n) is 13.6. The number of nitrogens with one attached hydrogen (secondary N) is 2. The standard InChI is InChI=1S/C19H19BrN2O2S/c1-2-5-16(12-14-13-21-19-7-4-3-6-18(14)19)22-25(23,24)17-10-8-15(20)9-11-17/h2-4,6-11,13,16,21-22H,1,5,12H2/t16-/m0/s1.